The van der Waals surface area contributed by atoms with Gasteiger partial charge in [0.05, 0.1) is 32.9 Å². The summed E-state index contributed by atoms with van der Waals surface area (Å²) in [5.41, 5.74) is 0.644. The molecule has 1 aliphatic heterocycles. The summed E-state index contributed by atoms with van der Waals surface area (Å²) in [6, 6.07) is 20.0. The van der Waals surface area contributed by atoms with Crippen LogP contribution in [0.3, 0.4) is 0 Å². The Hall–Kier alpha value is -3.42. The second-order valence-electron chi connectivity index (χ2n) is 7.99. The number of ether oxygens (including phenoxy) is 2. The number of nitrogens with zero attached hydrogens (tertiary/aromatic N) is 1. The molecule has 3 aromatic rings. The van der Waals surface area contributed by atoms with Crippen molar-refractivity contribution in [3.05, 3.63) is 94.0 Å². The second-order valence-corrected chi connectivity index (χ2v) is 8.91. The summed E-state index contributed by atoms with van der Waals surface area (Å²) >= 11 is 3.42. The van der Waals surface area contributed by atoms with Gasteiger partial charge in [0.25, 0.3) is 5.91 Å². The number of allylic oxidation sites excluding steroid dienone is 1. The average Bonchev–Trinajstić information content (AvgIpc) is 3.04. The fourth-order valence-electron chi connectivity index (χ4n) is 4.08. The molecular formula is C27H24BrNO5. The van der Waals surface area contributed by atoms with E-state index in [-0.39, 0.29) is 18.7 Å². The highest BCUT2D eigenvalue weighted by Gasteiger charge is 2.50. The molecule has 1 atom stereocenters. The van der Waals surface area contributed by atoms with Gasteiger partial charge in [-0.05, 0) is 47.5 Å². The number of rotatable bonds is 8. The van der Waals surface area contributed by atoms with Crippen molar-refractivity contribution in [3.63, 3.8) is 0 Å². The first-order valence-electron chi connectivity index (χ1n) is 10.7. The van der Waals surface area contributed by atoms with Crippen molar-refractivity contribution in [2.45, 2.75) is 18.6 Å². The lowest BCUT2D eigenvalue weighted by molar-refractivity contribution is -0.140. The molecule has 3 aromatic carbocycles. The Balaban J connectivity index is 1.63. The number of benzene rings is 3. The highest BCUT2D eigenvalue weighted by atomic mass is 79.9. The Kier molecular flexibility index (Phi) is 6.86. The molecule has 0 bridgehead atoms. The Labute approximate surface area is 206 Å². The van der Waals surface area contributed by atoms with Crippen molar-refractivity contribution in [1.82, 2.24) is 0 Å². The normalized spacial score (nSPS) is 17.2. The first-order chi connectivity index (χ1) is 16.4. The number of anilines is 1. The zero-order valence-corrected chi connectivity index (χ0v) is 20.4. The van der Waals surface area contributed by atoms with Crippen molar-refractivity contribution in [3.8, 4) is 11.5 Å². The SMILES string of the molecule is COc1ccc(CN2C(=O)C(O)(CC(=O)/C=C/c3ccccc3)c3cc(Br)ccc32)cc1OC. The molecule has 0 fully saturated rings. The van der Waals surface area contributed by atoms with Crippen molar-refractivity contribution in [2.75, 3.05) is 19.1 Å². The molecule has 6 nitrogen and oxygen atoms in total. The van der Waals surface area contributed by atoms with E-state index < -0.39 is 11.5 Å². The Morgan fingerprint density at radius 3 is 2.47 bits per heavy atom. The van der Waals surface area contributed by atoms with Crippen LogP contribution in [0.1, 0.15) is 23.1 Å². The standard InChI is InChI=1S/C27H24BrNO5/c1-33-24-13-9-19(14-25(24)34-2)17-29-23-12-10-20(28)15-22(23)27(32,26(29)31)16-21(30)11-8-18-6-4-3-5-7-18/h3-15,32H,16-17H2,1-2H3/b11-8+. The number of hydrogen-bond acceptors (Lipinski definition) is 5. The largest absolute Gasteiger partial charge is 0.493 e. The lowest BCUT2D eigenvalue weighted by Gasteiger charge is -2.22. The molecule has 34 heavy (non-hydrogen) atoms. The number of hydrogen-bond donors (Lipinski definition) is 1. The molecule has 1 N–H and O–H groups in total. The van der Waals surface area contributed by atoms with E-state index in [0.717, 1.165) is 11.1 Å². The van der Waals surface area contributed by atoms with Crippen LogP contribution >= 0.6 is 15.9 Å². The van der Waals surface area contributed by atoms with E-state index in [0.29, 0.717) is 27.2 Å². The summed E-state index contributed by atoms with van der Waals surface area (Å²) in [6.45, 7) is 0.199. The van der Waals surface area contributed by atoms with Gasteiger partial charge in [-0.15, -0.1) is 0 Å². The molecule has 0 saturated heterocycles. The minimum absolute atomic E-state index is 0.199. The number of amides is 1. The van der Waals surface area contributed by atoms with Crippen molar-refractivity contribution >= 4 is 39.4 Å². The minimum Gasteiger partial charge on any atom is -0.493 e. The van der Waals surface area contributed by atoms with Crippen molar-refractivity contribution in [1.29, 1.82) is 0 Å². The number of carbonyl (C=O) groups is 2. The summed E-state index contributed by atoms with van der Waals surface area (Å²) in [4.78, 5) is 27.8. The lowest BCUT2D eigenvalue weighted by atomic mass is 9.89. The zero-order valence-electron chi connectivity index (χ0n) is 18.8. The van der Waals surface area contributed by atoms with Gasteiger partial charge in [-0.1, -0.05) is 58.4 Å². The maximum absolute atomic E-state index is 13.5. The maximum Gasteiger partial charge on any atom is 0.264 e. The average molecular weight is 522 g/mol. The molecule has 4 rings (SSSR count). The number of ketones is 1. The van der Waals surface area contributed by atoms with E-state index in [2.05, 4.69) is 15.9 Å². The van der Waals surface area contributed by atoms with Gasteiger partial charge in [-0.3, -0.25) is 9.59 Å². The van der Waals surface area contributed by atoms with Gasteiger partial charge in [-0.2, -0.15) is 0 Å². The van der Waals surface area contributed by atoms with Crippen LogP contribution in [0.25, 0.3) is 6.08 Å². The van der Waals surface area contributed by atoms with Crippen LogP contribution in [-0.4, -0.2) is 31.0 Å². The third-order valence-electron chi connectivity index (χ3n) is 5.77. The maximum atomic E-state index is 13.5. The molecule has 174 valence electrons. The van der Waals surface area contributed by atoms with E-state index >= 15 is 0 Å². The first kappa shape index (κ1) is 23.7. The third kappa shape index (κ3) is 4.62. The number of aliphatic hydroxyl groups is 1. The number of halogens is 1. The molecular weight excluding hydrogens is 498 g/mol. The van der Waals surface area contributed by atoms with Gasteiger partial charge in [-0.25, -0.2) is 0 Å². The van der Waals surface area contributed by atoms with Crippen LogP contribution in [0.5, 0.6) is 11.5 Å². The monoisotopic (exact) mass is 521 g/mol. The lowest BCUT2D eigenvalue weighted by Crippen LogP contribution is -2.41. The molecule has 1 aliphatic rings. The predicted molar refractivity (Wildman–Crippen MR) is 134 cm³/mol. The fourth-order valence-corrected chi connectivity index (χ4v) is 4.44. The van der Waals surface area contributed by atoms with Gasteiger partial charge in [0.1, 0.15) is 0 Å². The predicted octanol–water partition coefficient (Wildman–Crippen LogP) is 4.87. The van der Waals surface area contributed by atoms with Crippen molar-refractivity contribution in [2.24, 2.45) is 0 Å². The van der Waals surface area contributed by atoms with Crippen LogP contribution < -0.4 is 14.4 Å². The molecule has 1 amide bonds. The van der Waals surface area contributed by atoms with Gasteiger partial charge in [0, 0.05) is 10.0 Å². The molecule has 0 saturated carbocycles. The Morgan fingerprint density at radius 2 is 1.76 bits per heavy atom. The molecule has 0 aliphatic carbocycles. The minimum atomic E-state index is -1.96. The third-order valence-corrected chi connectivity index (χ3v) is 6.27. The Morgan fingerprint density at radius 1 is 1.03 bits per heavy atom. The molecule has 1 unspecified atom stereocenters. The van der Waals surface area contributed by atoms with Crippen LogP contribution in [0.4, 0.5) is 5.69 Å². The van der Waals surface area contributed by atoms with Gasteiger partial charge >= 0.3 is 0 Å². The van der Waals surface area contributed by atoms with E-state index in [9.17, 15) is 14.7 Å². The quantitative estimate of drug-likeness (QED) is 0.428. The van der Waals surface area contributed by atoms with Crippen LogP contribution in [0.15, 0.2) is 77.3 Å². The number of methoxy groups -OCH3 is 2. The molecule has 1 heterocycles. The zero-order chi connectivity index (χ0) is 24.3. The number of fused-ring (bicyclic) bond motifs is 1. The van der Waals surface area contributed by atoms with Crippen LogP contribution in [0, 0.1) is 0 Å². The summed E-state index contributed by atoms with van der Waals surface area (Å²) < 4.78 is 11.4. The molecule has 0 aromatic heterocycles. The van der Waals surface area contributed by atoms with E-state index in [1.54, 1.807) is 50.6 Å². The summed E-state index contributed by atoms with van der Waals surface area (Å²) in [6.07, 6.45) is 2.71. The molecule has 0 spiro atoms. The summed E-state index contributed by atoms with van der Waals surface area (Å²) in [7, 11) is 3.10. The summed E-state index contributed by atoms with van der Waals surface area (Å²) in [5, 5.41) is 11.5. The highest BCUT2D eigenvalue weighted by Crippen LogP contribution is 2.44. The van der Waals surface area contributed by atoms with Gasteiger partial charge < -0.3 is 19.5 Å². The molecule has 0 radical (unpaired) electrons. The van der Waals surface area contributed by atoms with E-state index in [1.807, 2.05) is 36.4 Å². The molecule has 7 heteroatoms. The number of carbonyl (C=O) groups excluding carboxylic acids is 2. The summed E-state index contributed by atoms with van der Waals surface area (Å²) in [5.74, 6) is 0.227. The fraction of sp³-hybridized carbons (Fsp3) is 0.185. The van der Waals surface area contributed by atoms with E-state index in [4.69, 9.17) is 9.47 Å². The highest BCUT2D eigenvalue weighted by molar-refractivity contribution is 9.10. The second kappa shape index (κ2) is 9.83. The topological polar surface area (TPSA) is 76.1 Å². The van der Waals surface area contributed by atoms with Crippen LogP contribution in [-0.2, 0) is 21.7 Å². The van der Waals surface area contributed by atoms with E-state index in [1.165, 1.54) is 11.0 Å². The van der Waals surface area contributed by atoms with Crippen LogP contribution in [0.2, 0.25) is 0 Å². The first-order valence-corrected chi connectivity index (χ1v) is 11.5. The van der Waals surface area contributed by atoms with Crippen molar-refractivity contribution < 1.29 is 24.2 Å². The van der Waals surface area contributed by atoms with Gasteiger partial charge in [0.15, 0.2) is 22.9 Å². The van der Waals surface area contributed by atoms with Gasteiger partial charge in [0.2, 0.25) is 0 Å². The smallest absolute Gasteiger partial charge is 0.264 e. The Bertz CT molecular complexity index is 1260.